The first-order valence-corrected chi connectivity index (χ1v) is 14.3. The summed E-state index contributed by atoms with van der Waals surface area (Å²) in [5.74, 6) is 1.09. The molecule has 7 heteroatoms. The molecule has 0 unspecified atom stereocenters. The Morgan fingerprint density at radius 3 is 2.15 bits per heavy atom. The van der Waals surface area contributed by atoms with Gasteiger partial charge in [-0.2, -0.15) is 0 Å². The quantitative estimate of drug-likeness (QED) is 0.136. The second kappa shape index (κ2) is 8.25. The van der Waals surface area contributed by atoms with E-state index in [4.69, 9.17) is 4.98 Å². The summed E-state index contributed by atoms with van der Waals surface area (Å²) in [5.41, 5.74) is 4.78. The van der Waals surface area contributed by atoms with Crippen molar-refractivity contribution in [3.05, 3.63) is 95.2 Å². The zero-order valence-electron chi connectivity index (χ0n) is 18.2. The normalized spacial score (nSPS) is 13.3. The molecule has 0 N–H and O–H groups in total. The highest BCUT2D eigenvalue weighted by Crippen LogP contribution is 2.34. The van der Waals surface area contributed by atoms with Crippen molar-refractivity contribution >= 4 is 69.7 Å². The lowest BCUT2D eigenvalue weighted by Gasteiger charge is -2.05. The molecule has 5 aromatic rings. The monoisotopic (exact) mass is 575 g/mol. The molecule has 1 aliphatic carbocycles. The second-order valence-corrected chi connectivity index (χ2v) is 10.6. The van der Waals surface area contributed by atoms with Crippen molar-refractivity contribution in [1.29, 1.82) is 0 Å². The highest BCUT2D eigenvalue weighted by atomic mass is 127. The first kappa shape index (κ1) is 21.4. The first-order chi connectivity index (χ1) is 16.6. The van der Waals surface area contributed by atoms with Gasteiger partial charge >= 0.3 is 0 Å². The summed E-state index contributed by atoms with van der Waals surface area (Å²) in [6.07, 6.45) is 1.73. The Morgan fingerprint density at radius 2 is 1.53 bits per heavy atom. The minimum absolute atomic E-state index is 0.205. The van der Waals surface area contributed by atoms with Crippen molar-refractivity contribution in [3.63, 3.8) is 0 Å². The number of nitrogens with zero attached hydrogens (tertiary/aromatic N) is 3. The predicted molar refractivity (Wildman–Crippen MR) is 146 cm³/mol. The number of carbonyl (C=O) groups is 2. The lowest BCUT2D eigenvalue weighted by molar-refractivity contribution is 0.0990. The molecule has 3 aromatic carbocycles. The van der Waals surface area contributed by atoms with E-state index in [0.29, 0.717) is 17.0 Å². The lowest BCUT2D eigenvalue weighted by atomic mass is 10.0. The Balaban J connectivity index is 1.49. The van der Waals surface area contributed by atoms with E-state index >= 15 is 0 Å². The molecule has 0 bridgehead atoms. The molecule has 0 fully saturated rings. The van der Waals surface area contributed by atoms with Crippen LogP contribution in [0.25, 0.3) is 39.4 Å². The van der Waals surface area contributed by atoms with E-state index in [2.05, 4.69) is 30.3 Å². The zero-order chi connectivity index (χ0) is 23.4. The van der Waals surface area contributed by atoms with Gasteiger partial charge in [0.1, 0.15) is 5.82 Å². The van der Waals surface area contributed by atoms with Crippen LogP contribution in [0.15, 0.2) is 78.4 Å². The van der Waals surface area contributed by atoms with E-state index in [9.17, 15) is 9.59 Å². The van der Waals surface area contributed by atoms with Crippen LogP contribution < -0.4 is 0 Å². The minimum atomic E-state index is -0.220. The Labute approximate surface area is 212 Å². The van der Waals surface area contributed by atoms with Gasteiger partial charge in [-0.1, -0.05) is 63.5 Å². The lowest BCUT2D eigenvalue weighted by Crippen LogP contribution is -2.03. The maximum atomic E-state index is 13.3. The highest BCUT2D eigenvalue weighted by Gasteiger charge is 2.34. The van der Waals surface area contributed by atoms with Crippen molar-refractivity contribution in [2.45, 2.75) is 5.88 Å². The Bertz CT molecular complexity index is 1610. The summed E-state index contributed by atoms with van der Waals surface area (Å²) in [6.45, 7) is 0. The van der Waals surface area contributed by atoms with E-state index < -0.39 is 0 Å². The molecule has 0 amide bonds. The average molecular weight is 575 g/mol. The number of hydrogen-bond donors (Lipinski definition) is 0. The van der Waals surface area contributed by atoms with Crippen LogP contribution in [0.3, 0.4) is 0 Å². The van der Waals surface area contributed by atoms with E-state index in [1.807, 2.05) is 79.8 Å². The Hall–Kier alpha value is -3.17. The van der Waals surface area contributed by atoms with E-state index in [1.54, 1.807) is 15.0 Å². The Kier molecular flexibility index (Phi) is 5.18. The number of ketones is 2. The van der Waals surface area contributed by atoms with Gasteiger partial charge in [-0.15, -0.1) is 0 Å². The van der Waals surface area contributed by atoms with Gasteiger partial charge in [0.2, 0.25) is 0 Å². The SMILES string of the molecule is Cn1c(-c2ccccc2)nc2c1cc(C=C1C(=O)c3cc4ccccc4cc3C1=O)n2CSI. The third-order valence-corrected chi connectivity index (χ3v) is 7.53. The summed E-state index contributed by atoms with van der Waals surface area (Å²) >= 11 is 2.25. The maximum absolute atomic E-state index is 13.3. The summed E-state index contributed by atoms with van der Waals surface area (Å²) in [7, 11) is 3.62. The molecule has 2 aromatic heterocycles. The number of fused-ring (bicyclic) bond motifs is 3. The molecule has 0 radical (unpaired) electrons. The number of hydrogen-bond acceptors (Lipinski definition) is 4. The van der Waals surface area contributed by atoms with Crippen molar-refractivity contribution in [2.75, 3.05) is 0 Å². The van der Waals surface area contributed by atoms with Crippen LogP contribution in [0.5, 0.6) is 0 Å². The first-order valence-electron chi connectivity index (χ1n) is 10.8. The molecule has 0 aliphatic heterocycles. The fourth-order valence-electron chi connectivity index (χ4n) is 4.63. The third kappa shape index (κ3) is 3.25. The number of aryl methyl sites for hydroxylation is 1. The molecule has 34 heavy (non-hydrogen) atoms. The molecular formula is C27H18IN3O2S. The predicted octanol–water partition coefficient (Wildman–Crippen LogP) is 6.70. The standard InChI is InChI=1S/C27H18IN3O2S/c1-30-23-14-19(31(15-34-28)27(23)29-26(30)16-7-3-2-4-8-16)13-22-24(32)20-11-17-9-5-6-10-18(17)12-21(20)25(22)33/h2-14H,15H2,1H3. The third-order valence-electron chi connectivity index (χ3n) is 6.34. The highest BCUT2D eigenvalue weighted by molar-refractivity contribution is 14.2. The molecule has 2 heterocycles. The number of Topliss-reactive ketones (excluding diaryl/α,β-unsaturated/α-hetero) is 2. The van der Waals surface area contributed by atoms with Gasteiger partial charge in [-0.05, 0) is 56.3 Å². The molecule has 0 saturated carbocycles. The fourth-order valence-corrected chi connectivity index (χ4v) is 5.84. The van der Waals surface area contributed by atoms with Crippen molar-refractivity contribution < 1.29 is 9.59 Å². The average Bonchev–Trinajstić information content (AvgIpc) is 3.44. The fraction of sp³-hybridized carbons (Fsp3) is 0.0741. The summed E-state index contributed by atoms with van der Waals surface area (Å²) in [6, 6.07) is 23.5. The van der Waals surface area contributed by atoms with Gasteiger partial charge in [-0.25, -0.2) is 4.98 Å². The molecule has 5 nitrogen and oxygen atoms in total. The minimum Gasteiger partial charge on any atom is -0.326 e. The molecule has 0 spiro atoms. The van der Waals surface area contributed by atoms with Crippen LogP contribution in [-0.4, -0.2) is 25.7 Å². The number of rotatable bonds is 4. The van der Waals surface area contributed by atoms with Gasteiger partial charge in [0.25, 0.3) is 0 Å². The summed E-state index contributed by atoms with van der Waals surface area (Å²) in [4.78, 5) is 31.4. The number of aromatic nitrogens is 3. The van der Waals surface area contributed by atoms with Crippen LogP contribution >= 0.6 is 30.1 Å². The van der Waals surface area contributed by atoms with Gasteiger partial charge in [0.15, 0.2) is 17.2 Å². The van der Waals surface area contributed by atoms with Crippen LogP contribution in [0.1, 0.15) is 26.4 Å². The van der Waals surface area contributed by atoms with E-state index in [1.165, 1.54) is 0 Å². The van der Waals surface area contributed by atoms with Crippen molar-refractivity contribution in [3.8, 4) is 11.4 Å². The van der Waals surface area contributed by atoms with Crippen LogP contribution in [0.4, 0.5) is 0 Å². The van der Waals surface area contributed by atoms with Crippen LogP contribution in [0.2, 0.25) is 0 Å². The second-order valence-electron chi connectivity index (χ2n) is 8.27. The number of carbonyl (C=O) groups excluding carboxylic acids is 2. The zero-order valence-corrected chi connectivity index (χ0v) is 21.1. The number of benzene rings is 3. The van der Waals surface area contributed by atoms with Gasteiger partial charge < -0.3 is 9.13 Å². The van der Waals surface area contributed by atoms with Crippen molar-refractivity contribution in [1.82, 2.24) is 14.1 Å². The Morgan fingerprint density at radius 1 is 0.912 bits per heavy atom. The smallest absolute Gasteiger partial charge is 0.197 e. The molecule has 1 aliphatic rings. The molecular weight excluding hydrogens is 557 g/mol. The van der Waals surface area contributed by atoms with Gasteiger partial charge in [-0.3, -0.25) is 9.59 Å². The molecule has 0 saturated heterocycles. The summed E-state index contributed by atoms with van der Waals surface area (Å²) < 4.78 is 4.12. The number of allylic oxidation sites excluding steroid dienone is 1. The largest absolute Gasteiger partial charge is 0.326 e. The van der Waals surface area contributed by atoms with Crippen molar-refractivity contribution in [2.24, 2.45) is 7.05 Å². The maximum Gasteiger partial charge on any atom is 0.197 e. The summed E-state index contributed by atoms with van der Waals surface area (Å²) in [5, 5.41) is 1.91. The topological polar surface area (TPSA) is 56.9 Å². The van der Waals surface area contributed by atoms with Crippen LogP contribution in [-0.2, 0) is 12.9 Å². The van der Waals surface area contributed by atoms with Gasteiger partial charge in [0, 0.05) is 29.4 Å². The van der Waals surface area contributed by atoms with E-state index in [-0.39, 0.29) is 17.1 Å². The molecule has 166 valence electrons. The van der Waals surface area contributed by atoms with Crippen LogP contribution in [0, 0.1) is 0 Å². The number of halogens is 1. The van der Waals surface area contributed by atoms with E-state index in [0.717, 1.165) is 39.0 Å². The molecule has 6 rings (SSSR count). The number of imidazole rings is 1. The molecule has 0 atom stereocenters. The van der Waals surface area contributed by atoms with Gasteiger partial charge in [0.05, 0.1) is 17.0 Å².